The summed E-state index contributed by atoms with van der Waals surface area (Å²) >= 11 is 0. The molecule has 1 fully saturated rings. The number of carbonyl (C=O) groups is 2. The van der Waals surface area contributed by atoms with Crippen molar-refractivity contribution in [3.05, 3.63) is 65.2 Å². The number of carbonyl (C=O) groups excluding carboxylic acids is 2. The third-order valence-corrected chi connectivity index (χ3v) is 4.91. The lowest BCUT2D eigenvalue weighted by Gasteiger charge is -2.23. The molecule has 0 saturated heterocycles. The van der Waals surface area contributed by atoms with Crippen LogP contribution in [-0.2, 0) is 6.54 Å². The maximum atomic E-state index is 13.0. The van der Waals surface area contributed by atoms with Crippen LogP contribution in [0.5, 0.6) is 5.75 Å². The Hall–Kier alpha value is -2.82. The Morgan fingerprint density at radius 3 is 2.25 bits per heavy atom. The molecule has 0 heterocycles. The fourth-order valence-electron chi connectivity index (χ4n) is 3.05. The van der Waals surface area contributed by atoms with Crippen molar-refractivity contribution in [2.75, 3.05) is 13.7 Å². The van der Waals surface area contributed by atoms with Gasteiger partial charge in [-0.05, 0) is 61.2 Å². The summed E-state index contributed by atoms with van der Waals surface area (Å²) in [6.45, 7) is 3.38. The van der Waals surface area contributed by atoms with Crippen LogP contribution in [-0.4, -0.2) is 36.4 Å². The van der Waals surface area contributed by atoms with E-state index in [2.05, 4.69) is 12.2 Å². The Kier molecular flexibility index (Phi) is 6.69. The molecule has 2 aromatic rings. The molecule has 1 aliphatic carbocycles. The fourth-order valence-corrected chi connectivity index (χ4v) is 3.05. The average molecular weight is 380 g/mol. The van der Waals surface area contributed by atoms with E-state index < -0.39 is 0 Å². The van der Waals surface area contributed by atoms with Gasteiger partial charge in [-0.25, -0.2) is 0 Å². The molecule has 0 radical (unpaired) electrons. The highest BCUT2D eigenvalue weighted by molar-refractivity contribution is 5.95. The minimum atomic E-state index is -0.108. The van der Waals surface area contributed by atoms with Crippen LogP contribution in [0.1, 0.15) is 58.9 Å². The van der Waals surface area contributed by atoms with E-state index in [0.717, 1.165) is 37.0 Å². The van der Waals surface area contributed by atoms with Gasteiger partial charge in [-0.2, -0.15) is 0 Å². The number of nitrogens with zero attached hydrogens (tertiary/aromatic N) is 1. The number of nitrogens with one attached hydrogen (secondary N) is 1. The number of benzene rings is 2. The highest BCUT2D eigenvalue weighted by atomic mass is 16.5. The summed E-state index contributed by atoms with van der Waals surface area (Å²) in [6.07, 6.45) is 4.20. The largest absolute Gasteiger partial charge is 0.494 e. The summed E-state index contributed by atoms with van der Waals surface area (Å²) < 4.78 is 5.68. The van der Waals surface area contributed by atoms with Gasteiger partial charge in [-0.1, -0.05) is 25.5 Å². The first-order chi connectivity index (χ1) is 13.6. The second kappa shape index (κ2) is 9.40. The first kappa shape index (κ1) is 19.9. The molecule has 2 aromatic carbocycles. The van der Waals surface area contributed by atoms with Crippen molar-refractivity contribution in [3.63, 3.8) is 0 Å². The molecule has 5 heteroatoms. The molecular weight excluding hydrogens is 352 g/mol. The third kappa shape index (κ3) is 5.12. The predicted octanol–water partition coefficient (Wildman–Crippen LogP) is 4.03. The van der Waals surface area contributed by atoms with Crippen LogP contribution in [0.2, 0.25) is 0 Å². The van der Waals surface area contributed by atoms with Crippen molar-refractivity contribution in [3.8, 4) is 5.75 Å². The molecule has 1 saturated carbocycles. The van der Waals surface area contributed by atoms with Gasteiger partial charge in [0.15, 0.2) is 0 Å². The second-order valence-electron chi connectivity index (χ2n) is 7.17. The van der Waals surface area contributed by atoms with E-state index in [-0.39, 0.29) is 11.8 Å². The highest BCUT2D eigenvalue weighted by Crippen LogP contribution is 2.30. The predicted molar refractivity (Wildman–Crippen MR) is 110 cm³/mol. The van der Waals surface area contributed by atoms with Gasteiger partial charge in [0, 0.05) is 30.8 Å². The molecule has 28 heavy (non-hydrogen) atoms. The molecule has 0 atom stereocenters. The van der Waals surface area contributed by atoms with Crippen molar-refractivity contribution in [2.24, 2.45) is 0 Å². The molecule has 0 bridgehead atoms. The summed E-state index contributed by atoms with van der Waals surface area (Å²) in [7, 11) is 1.61. The molecule has 0 spiro atoms. The third-order valence-electron chi connectivity index (χ3n) is 4.91. The average Bonchev–Trinajstić information content (AvgIpc) is 3.57. The maximum absolute atomic E-state index is 13.0. The quantitative estimate of drug-likeness (QED) is 0.668. The second-order valence-corrected chi connectivity index (χ2v) is 7.17. The Labute approximate surface area is 166 Å². The normalized spacial score (nSPS) is 13.1. The van der Waals surface area contributed by atoms with E-state index in [1.165, 1.54) is 0 Å². The summed E-state index contributed by atoms with van der Waals surface area (Å²) in [5.74, 6) is 0.730. The molecule has 3 rings (SSSR count). The van der Waals surface area contributed by atoms with Crippen molar-refractivity contribution < 1.29 is 14.3 Å². The van der Waals surface area contributed by atoms with Gasteiger partial charge in [-0.15, -0.1) is 0 Å². The van der Waals surface area contributed by atoms with E-state index in [1.807, 2.05) is 41.3 Å². The zero-order valence-electron chi connectivity index (χ0n) is 16.6. The van der Waals surface area contributed by atoms with Crippen LogP contribution >= 0.6 is 0 Å². The molecule has 1 N–H and O–H groups in total. The molecule has 2 amide bonds. The van der Waals surface area contributed by atoms with Crippen molar-refractivity contribution in [2.45, 2.75) is 45.2 Å². The number of hydrogen-bond donors (Lipinski definition) is 1. The minimum Gasteiger partial charge on any atom is -0.494 e. The first-order valence-corrected chi connectivity index (χ1v) is 9.97. The van der Waals surface area contributed by atoms with Crippen LogP contribution in [0.3, 0.4) is 0 Å². The SMILES string of the molecule is CCCCOc1ccc(C(=O)N(Cc2ccc(C(=O)NC)cc2)C2CC2)cc1. The summed E-state index contributed by atoms with van der Waals surface area (Å²) in [5, 5.41) is 2.62. The van der Waals surface area contributed by atoms with Crippen molar-refractivity contribution in [1.29, 1.82) is 0 Å². The fraction of sp³-hybridized carbons (Fsp3) is 0.391. The maximum Gasteiger partial charge on any atom is 0.254 e. The zero-order valence-corrected chi connectivity index (χ0v) is 16.6. The van der Waals surface area contributed by atoms with Gasteiger partial charge in [-0.3, -0.25) is 9.59 Å². The lowest BCUT2D eigenvalue weighted by molar-refractivity contribution is 0.0729. The topological polar surface area (TPSA) is 58.6 Å². The summed E-state index contributed by atoms with van der Waals surface area (Å²) in [5.41, 5.74) is 2.32. The first-order valence-electron chi connectivity index (χ1n) is 9.97. The van der Waals surface area contributed by atoms with E-state index in [1.54, 1.807) is 19.2 Å². The number of unbranched alkanes of at least 4 members (excludes halogenated alkanes) is 1. The smallest absolute Gasteiger partial charge is 0.254 e. The van der Waals surface area contributed by atoms with Crippen LogP contribution in [0, 0.1) is 0 Å². The molecular formula is C23H28N2O3. The van der Waals surface area contributed by atoms with E-state index in [0.29, 0.717) is 30.3 Å². The van der Waals surface area contributed by atoms with Crippen LogP contribution in [0.4, 0.5) is 0 Å². The molecule has 5 nitrogen and oxygen atoms in total. The zero-order chi connectivity index (χ0) is 19.9. The Morgan fingerprint density at radius 1 is 1.04 bits per heavy atom. The van der Waals surface area contributed by atoms with Crippen LogP contribution in [0.15, 0.2) is 48.5 Å². The van der Waals surface area contributed by atoms with Gasteiger partial charge in [0.2, 0.25) is 0 Å². The van der Waals surface area contributed by atoms with Crippen LogP contribution < -0.4 is 10.1 Å². The van der Waals surface area contributed by atoms with Crippen molar-refractivity contribution in [1.82, 2.24) is 10.2 Å². The number of hydrogen-bond acceptors (Lipinski definition) is 3. The minimum absolute atomic E-state index is 0.0398. The van der Waals surface area contributed by atoms with Gasteiger partial charge in [0.25, 0.3) is 11.8 Å². The van der Waals surface area contributed by atoms with E-state index in [9.17, 15) is 9.59 Å². The van der Waals surface area contributed by atoms with Gasteiger partial charge in [0.1, 0.15) is 5.75 Å². The van der Waals surface area contributed by atoms with Crippen molar-refractivity contribution >= 4 is 11.8 Å². The van der Waals surface area contributed by atoms with Gasteiger partial charge in [0.05, 0.1) is 6.61 Å². The van der Waals surface area contributed by atoms with E-state index >= 15 is 0 Å². The molecule has 0 aromatic heterocycles. The van der Waals surface area contributed by atoms with Gasteiger partial charge < -0.3 is 15.0 Å². The Morgan fingerprint density at radius 2 is 1.68 bits per heavy atom. The Balaban J connectivity index is 1.66. The molecule has 148 valence electrons. The van der Waals surface area contributed by atoms with Gasteiger partial charge >= 0.3 is 0 Å². The monoisotopic (exact) mass is 380 g/mol. The van der Waals surface area contributed by atoms with Crippen LogP contribution in [0.25, 0.3) is 0 Å². The van der Waals surface area contributed by atoms with E-state index in [4.69, 9.17) is 4.74 Å². The number of rotatable bonds is 9. The lowest BCUT2D eigenvalue weighted by Crippen LogP contribution is -2.32. The molecule has 0 unspecified atom stereocenters. The highest BCUT2D eigenvalue weighted by Gasteiger charge is 2.33. The number of amides is 2. The number of ether oxygens (including phenoxy) is 1. The standard InChI is InChI=1S/C23H28N2O3/c1-3-4-15-28-21-13-9-19(10-14-21)23(27)25(20-11-12-20)16-17-5-7-18(8-6-17)22(26)24-2/h5-10,13-14,20H,3-4,11-12,15-16H2,1-2H3,(H,24,26). The Bertz CT molecular complexity index is 796. The molecule has 0 aliphatic heterocycles. The lowest BCUT2D eigenvalue weighted by atomic mass is 10.1. The summed E-state index contributed by atoms with van der Waals surface area (Å²) in [4.78, 5) is 26.7. The molecule has 1 aliphatic rings. The summed E-state index contributed by atoms with van der Waals surface area (Å²) in [6, 6.07) is 15.1.